The van der Waals surface area contributed by atoms with Crippen LogP contribution >= 0.6 is 0 Å². The van der Waals surface area contributed by atoms with Crippen molar-refractivity contribution in [3.05, 3.63) is 18.2 Å². The molecular formula is C20H32N8O8. The maximum Gasteiger partial charge on any atom is 0.326 e. The molecule has 200 valence electrons. The van der Waals surface area contributed by atoms with Gasteiger partial charge in [-0.1, -0.05) is 0 Å². The van der Waals surface area contributed by atoms with Crippen LogP contribution in [0.5, 0.6) is 0 Å². The van der Waals surface area contributed by atoms with Crippen LogP contribution in [0.1, 0.15) is 37.8 Å². The SMILES string of the molecule is NCCCCC(NC(=O)C(N)CC(N)=O)C(=O)NC(CC(=O)O)C(=O)NC(Cc1cnc[nH]1)C(=O)O. The Labute approximate surface area is 205 Å². The average Bonchev–Trinajstić information content (AvgIpc) is 3.29. The summed E-state index contributed by atoms with van der Waals surface area (Å²) in [5.41, 5.74) is 16.5. The van der Waals surface area contributed by atoms with Gasteiger partial charge < -0.3 is 48.3 Å². The topological polar surface area (TPSA) is 286 Å². The highest BCUT2D eigenvalue weighted by Crippen LogP contribution is 2.05. The lowest BCUT2D eigenvalue weighted by Crippen LogP contribution is -2.57. The van der Waals surface area contributed by atoms with E-state index in [9.17, 15) is 39.0 Å². The number of rotatable bonds is 17. The summed E-state index contributed by atoms with van der Waals surface area (Å²) in [7, 11) is 0. The molecule has 0 fully saturated rings. The van der Waals surface area contributed by atoms with E-state index in [-0.39, 0.29) is 12.8 Å². The summed E-state index contributed by atoms with van der Waals surface area (Å²) in [5.74, 6) is -6.49. The number of aromatic amines is 1. The molecule has 16 nitrogen and oxygen atoms in total. The van der Waals surface area contributed by atoms with Gasteiger partial charge in [0.25, 0.3) is 0 Å². The molecule has 0 aliphatic heterocycles. The van der Waals surface area contributed by atoms with Crippen LogP contribution in [0.3, 0.4) is 0 Å². The first kappa shape index (κ1) is 30.0. The summed E-state index contributed by atoms with van der Waals surface area (Å²) in [6.07, 6.45) is 2.12. The fraction of sp³-hybridized carbons (Fsp3) is 0.550. The van der Waals surface area contributed by atoms with E-state index in [1.165, 1.54) is 12.5 Å². The lowest BCUT2D eigenvalue weighted by molar-refractivity contribution is -0.143. The molecule has 4 atom stereocenters. The Morgan fingerprint density at radius 3 is 2.06 bits per heavy atom. The molecule has 12 N–H and O–H groups in total. The van der Waals surface area contributed by atoms with Crippen LogP contribution in [0.2, 0.25) is 0 Å². The Bertz CT molecular complexity index is 923. The Morgan fingerprint density at radius 1 is 0.917 bits per heavy atom. The summed E-state index contributed by atoms with van der Waals surface area (Å²) < 4.78 is 0. The zero-order valence-corrected chi connectivity index (χ0v) is 19.4. The van der Waals surface area contributed by atoms with E-state index in [4.69, 9.17) is 17.2 Å². The first-order valence-corrected chi connectivity index (χ1v) is 11.0. The second-order valence-corrected chi connectivity index (χ2v) is 7.96. The molecule has 16 heteroatoms. The molecule has 0 aliphatic carbocycles. The molecule has 0 radical (unpaired) electrons. The zero-order chi connectivity index (χ0) is 27.3. The zero-order valence-electron chi connectivity index (χ0n) is 19.4. The van der Waals surface area contributed by atoms with Crippen molar-refractivity contribution in [3.63, 3.8) is 0 Å². The highest BCUT2D eigenvalue weighted by molar-refractivity contribution is 5.96. The quantitative estimate of drug-likeness (QED) is 0.0915. The molecule has 0 saturated heterocycles. The number of imidazole rings is 1. The monoisotopic (exact) mass is 512 g/mol. The van der Waals surface area contributed by atoms with Crippen LogP contribution in [0.15, 0.2) is 12.5 Å². The largest absolute Gasteiger partial charge is 0.481 e. The number of unbranched alkanes of at least 4 members (excludes halogenated alkanes) is 1. The fourth-order valence-electron chi connectivity index (χ4n) is 3.09. The predicted molar refractivity (Wildman–Crippen MR) is 123 cm³/mol. The number of carboxylic acid groups (broad SMARTS) is 2. The second-order valence-electron chi connectivity index (χ2n) is 7.96. The molecule has 0 aliphatic rings. The number of aliphatic carboxylic acids is 2. The van der Waals surface area contributed by atoms with Gasteiger partial charge in [-0.3, -0.25) is 24.0 Å². The molecule has 4 amide bonds. The normalized spacial score (nSPS) is 14.1. The number of nitrogens with one attached hydrogen (secondary N) is 4. The van der Waals surface area contributed by atoms with Gasteiger partial charge in [0.1, 0.15) is 18.1 Å². The molecule has 1 heterocycles. The molecule has 1 aromatic rings. The molecule has 0 spiro atoms. The van der Waals surface area contributed by atoms with Gasteiger partial charge >= 0.3 is 11.9 Å². The average molecular weight is 513 g/mol. The minimum Gasteiger partial charge on any atom is -0.481 e. The summed E-state index contributed by atoms with van der Waals surface area (Å²) in [6, 6.07) is -5.68. The maximum absolute atomic E-state index is 12.9. The van der Waals surface area contributed by atoms with E-state index < -0.39 is 72.6 Å². The van der Waals surface area contributed by atoms with Crippen molar-refractivity contribution in [2.75, 3.05) is 6.54 Å². The van der Waals surface area contributed by atoms with Crippen LogP contribution in [-0.2, 0) is 35.2 Å². The smallest absolute Gasteiger partial charge is 0.326 e. The van der Waals surface area contributed by atoms with Gasteiger partial charge in [-0.25, -0.2) is 9.78 Å². The van der Waals surface area contributed by atoms with Crippen molar-refractivity contribution in [1.29, 1.82) is 0 Å². The van der Waals surface area contributed by atoms with Crippen molar-refractivity contribution in [1.82, 2.24) is 25.9 Å². The Kier molecular flexibility index (Phi) is 12.5. The van der Waals surface area contributed by atoms with Crippen LogP contribution in [0.25, 0.3) is 0 Å². The lowest BCUT2D eigenvalue weighted by Gasteiger charge is -2.24. The Balaban J connectivity index is 2.98. The van der Waals surface area contributed by atoms with E-state index in [1.807, 2.05) is 0 Å². The van der Waals surface area contributed by atoms with E-state index in [0.29, 0.717) is 25.1 Å². The number of amides is 4. The summed E-state index contributed by atoms with van der Waals surface area (Å²) in [5, 5.41) is 25.4. The number of primary amides is 1. The second kappa shape index (κ2) is 15.0. The minimum absolute atomic E-state index is 0.0665. The number of nitrogens with zero attached hydrogens (tertiary/aromatic N) is 1. The van der Waals surface area contributed by atoms with E-state index in [2.05, 4.69) is 25.9 Å². The van der Waals surface area contributed by atoms with Crippen molar-refractivity contribution < 1.29 is 39.0 Å². The maximum atomic E-state index is 12.9. The van der Waals surface area contributed by atoms with Gasteiger partial charge in [-0.2, -0.15) is 0 Å². The number of H-pyrrole nitrogens is 1. The van der Waals surface area contributed by atoms with E-state index in [1.54, 1.807) is 0 Å². The predicted octanol–water partition coefficient (Wildman–Crippen LogP) is -3.70. The van der Waals surface area contributed by atoms with Crippen LogP contribution in [-0.4, -0.2) is 86.5 Å². The highest BCUT2D eigenvalue weighted by Gasteiger charge is 2.32. The van der Waals surface area contributed by atoms with E-state index in [0.717, 1.165) is 0 Å². The van der Waals surface area contributed by atoms with Gasteiger partial charge in [-0.15, -0.1) is 0 Å². The molecular weight excluding hydrogens is 480 g/mol. The third-order valence-electron chi connectivity index (χ3n) is 4.94. The molecule has 4 unspecified atom stereocenters. The van der Waals surface area contributed by atoms with Crippen LogP contribution in [0, 0.1) is 0 Å². The third kappa shape index (κ3) is 10.9. The number of carbonyl (C=O) groups is 6. The van der Waals surface area contributed by atoms with Gasteiger partial charge in [0.05, 0.1) is 25.2 Å². The summed E-state index contributed by atoms with van der Waals surface area (Å²) >= 11 is 0. The molecule has 0 saturated carbocycles. The van der Waals surface area contributed by atoms with Gasteiger partial charge in [0.2, 0.25) is 23.6 Å². The first-order chi connectivity index (χ1) is 16.9. The fourth-order valence-corrected chi connectivity index (χ4v) is 3.09. The van der Waals surface area contributed by atoms with E-state index >= 15 is 0 Å². The van der Waals surface area contributed by atoms with Crippen molar-refractivity contribution in [2.45, 2.75) is 62.7 Å². The minimum atomic E-state index is -1.66. The Morgan fingerprint density at radius 2 is 1.53 bits per heavy atom. The molecule has 36 heavy (non-hydrogen) atoms. The molecule has 1 rings (SSSR count). The number of carboxylic acids is 2. The van der Waals surface area contributed by atoms with Crippen molar-refractivity contribution in [2.24, 2.45) is 17.2 Å². The van der Waals surface area contributed by atoms with Crippen molar-refractivity contribution in [3.8, 4) is 0 Å². The number of hydrogen-bond acceptors (Lipinski definition) is 9. The van der Waals surface area contributed by atoms with Gasteiger partial charge in [0.15, 0.2) is 0 Å². The molecule has 0 bridgehead atoms. The molecule has 0 aromatic carbocycles. The number of carbonyl (C=O) groups excluding carboxylic acids is 4. The lowest BCUT2D eigenvalue weighted by atomic mass is 10.1. The summed E-state index contributed by atoms with van der Waals surface area (Å²) in [6.45, 7) is 0.306. The number of hydrogen-bond donors (Lipinski definition) is 9. The van der Waals surface area contributed by atoms with Crippen molar-refractivity contribution >= 4 is 35.6 Å². The Hall–Kier alpha value is -4.05. The number of aromatic nitrogens is 2. The first-order valence-electron chi connectivity index (χ1n) is 11.0. The number of nitrogens with two attached hydrogens (primary N) is 3. The highest BCUT2D eigenvalue weighted by atomic mass is 16.4. The third-order valence-corrected chi connectivity index (χ3v) is 4.94. The van der Waals surface area contributed by atoms with Gasteiger partial charge in [-0.05, 0) is 25.8 Å². The molecule has 1 aromatic heterocycles. The standard InChI is InChI=1S/C20H32N8O8/c21-4-2-1-3-12(26-17(32)11(22)6-15(23)29)18(33)27-13(7-16(30)31)19(34)28-14(20(35)36)5-10-8-24-9-25-10/h8-9,11-14H,1-7,21-22H2,(H2,23,29)(H,24,25)(H,26,32)(H,27,33)(H,28,34)(H,30,31)(H,35,36). The van der Waals surface area contributed by atoms with Gasteiger partial charge in [0, 0.05) is 18.3 Å². The van der Waals surface area contributed by atoms with Crippen LogP contribution < -0.4 is 33.2 Å². The summed E-state index contributed by atoms with van der Waals surface area (Å²) in [4.78, 5) is 78.3. The van der Waals surface area contributed by atoms with Crippen LogP contribution in [0.4, 0.5) is 0 Å².